The van der Waals surface area contributed by atoms with Gasteiger partial charge < -0.3 is 27.1 Å². The standard InChI is InChI=1S/C14H21N5O3/c1-2-12(21)19-6-4-9(8-19)13(17)10(7-15)14(22)18-5-3-11(16)20/h2,7,9,15H,1,3-6,8,17H2,(H2,16,20)(H,18,22)/b13-10+,15-7?. The summed E-state index contributed by atoms with van der Waals surface area (Å²) < 4.78 is 0. The Kier molecular flexibility index (Phi) is 6.30. The topological polar surface area (TPSA) is 142 Å². The molecule has 0 aromatic carbocycles. The molecule has 0 aromatic heterocycles. The van der Waals surface area contributed by atoms with Crippen molar-refractivity contribution in [2.24, 2.45) is 17.4 Å². The van der Waals surface area contributed by atoms with E-state index in [9.17, 15) is 14.4 Å². The number of nitrogens with zero attached hydrogens (tertiary/aromatic N) is 1. The average molecular weight is 307 g/mol. The van der Waals surface area contributed by atoms with Crippen LogP contribution < -0.4 is 16.8 Å². The summed E-state index contributed by atoms with van der Waals surface area (Å²) in [5.74, 6) is -1.41. The molecule has 0 aromatic rings. The molecule has 1 aliphatic rings. The maximum absolute atomic E-state index is 12.0. The number of nitrogens with two attached hydrogens (primary N) is 2. The van der Waals surface area contributed by atoms with Gasteiger partial charge in [-0.1, -0.05) is 6.58 Å². The van der Waals surface area contributed by atoms with Crippen LogP contribution in [-0.4, -0.2) is 48.5 Å². The van der Waals surface area contributed by atoms with Crippen LogP contribution in [0.25, 0.3) is 0 Å². The van der Waals surface area contributed by atoms with E-state index in [4.69, 9.17) is 16.9 Å². The summed E-state index contributed by atoms with van der Waals surface area (Å²) >= 11 is 0. The summed E-state index contributed by atoms with van der Waals surface area (Å²) in [6, 6.07) is 0. The van der Waals surface area contributed by atoms with E-state index in [1.807, 2.05) is 0 Å². The molecule has 8 heteroatoms. The van der Waals surface area contributed by atoms with Crippen molar-refractivity contribution in [3.63, 3.8) is 0 Å². The van der Waals surface area contributed by atoms with Crippen molar-refractivity contribution in [3.05, 3.63) is 23.9 Å². The van der Waals surface area contributed by atoms with Crippen molar-refractivity contribution in [1.82, 2.24) is 10.2 Å². The Morgan fingerprint density at radius 3 is 2.59 bits per heavy atom. The fourth-order valence-corrected chi connectivity index (χ4v) is 2.24. The summed E-state index contributed by atoms with van der Waals surface area (Å²) in [5, 5.41) is 9.85. The highest BCUT2D eigenvalue weighted by atomic mass is 16.2. The van der Waals surface area contributed by atoms with Gasteiger partial charge in [0, 0.05) is 43.9 Å². The third kappa shape index (κ3) is 4.44. The lowest BCUT2D eigenvalue weighted by Gasteiger charge is -2.16. The quantitative estimate of drug-likeness (QED) is 0.349. The van der Waals surface area contributed by atoms with Gasteiger partial charge in [-0.15, -0.1) is 0 Å². The summed E-state index contributed by atoms with van der Waals surface area (Å²) in [4.78, 5) is 35.8. The van der Waals surface area contributed by atoms with Gasteiger partial charge in [0.1, 0.15) is 0 Å². The molecule has 1 atom stereocenters. The monoisotopic (exact) mass is 307 g/mol. The molecule has 22 heavy (non-hydrogen) atoms. The molecule has 0 saturated carbocycles. The minimum atomic E-state index is -0.526. The fraction of sp³-hybridized carbons (Fsp3) is 0.429. The van der Waals surface area contributed by atoms with E-state index >= 15 is 0 Å². The van der Waals surface area contributed by atoms with Crippen molar-refractivity contribution >= 4 is 23.9 Å². The van der Waals surface area contributed by atoms with Crippen molar-refractivity contribution < 1.29 is 14.4 Å². The summed E-state index contributed by atoms with van der Waals surface area (Å²) in [6.07, 6.45) is 2.75. The molecule has 0 radical (unpaired) electrons. The molecule has 0 bridgehead atoms. The number of rotatable bonds is 7. The van der Waals surface area contributed by atoms with Gasteiger partial charge in [-0.25, -0.2) is 0 Å². The van der Waals surface area contributed by atoms with E-state index in [1.54, 1.807) is 4.90 Å². The maximum Gasteiger partial charge on any atom is 0.254 e. The van der Waals surface area contributed by atoms with E-state index in [-0.39, 0.29) is 36.1 Å². The van der Waals surface area contributed by atoms with Gasteiger partial charge in [-0.2, -0.15) is 0 Å². The molecule has 120 valence electrons. The summed E-state index contributed by atoms with van der Waals surface area (Å²) in [6.45, 7) is 4.44. The van der Waals surface area contributed by atoms with Gasteiger partial charge in [-0.3, -0.25) is 14.4 Å². The maximum atomic E-state index is 12.0. The van der Waals surface area contributed by atoms with Crippen LogP contribution in [0.2, 0.25) is 0 Å². The molecule has 8 nitrogen and oxygen atoms in total. The SMILES string of the molecule is C=CC(=O)N1CCC(/C(N)=C(/C=N)C(=O)NCCC(N)=O)C1. The zero-order valence-corrected chi connectivity index (χ0v) is 12.3. The first kappa shape index (κ1) is 17.4. The lowest BCUT2D eigenvalue weighted by molar-refractivity contribution is -0.125. The van der Waals surface area contributed by atoms with Crippen LogP contribution in [-0.2, 0) is 14.4 Å². The Morgan fingerprint density at radius 1 is 1.36 bits per heavy atom. The number of hydrogen-bond donors (Lipinski definition) is 4. The highest BCUT2D eigenvalue weighted by Crippen LogP contribution is 2.23. The minimum Gasteiger partial charge on any atom is -0.401 e. The van der Waals surface area contributed by atoms with Crippen molar-refractivity contribution in [2.75, 3.05) is 19.6 Å². The van der Waals surface area contributed by atoms with E-state index in [0.29, 0.717) is 19.5 Å². The van der Waals surface area contributed by atoms with Crippen LogP contribution in [0.3, 0.4) is 0 Å². The highest BCUT2D eigenvalue weighted by molar-refractivity contribution is 6.12. The third-order valence-corrected chi connectivity index (χ3v) is 3.47. The molecular weight excluding hydrogens is 286 g/mol. The number of carbonyl (C=O) groups is 3. The molecule has 1 saturated heterocycles. The molecule has 0 aliphatic carbocycles. The molecule has 3 amide bonds. The smallest absolute Gasteiger partial charge is 0.254 e. The molecule has 6 N–H and O–H groups in total. The number of primary amides is 1. The first-order valence-corrected chi connectivity index (χ1v) is 6.88. The zero-order chi connectivity index (χ0) is 16.7. The van der Waals surface area contributed by atoms with E-state index in [0.717, 1.165) is 6.21 Å². The zero-order valence-electron chi connectivity index (χ0n) is 12.3. The van der Waals surface area contributed by atoms with Crippen LogP contribution in [0, 0.1) is 11.3 Å². The number of amides is 3. The van der Waals surface area contributed by atoms with Crippen molar-refractivity contribution in [3.8, 4) is 0 Å². The normalized spacial score (nSPS) is 18.4. The van der Waals surface area contributed by atoms with Crippen molar-refractivity contribution in [2.45, 2.75) is 12.8 Å². The van der Waals surface area contributed by atoms with E-state index in [1.165, 1.54) is 6.08 Å². The molecule has 0 spiro atoms. The number of carbonyl (C=O) groups excluding carboxylic acids is 3. The van der Waals surface area contributed by atoms with E-state index < -0.39 is 11.8 Å². The second-order valence-electron chi connectivity index (χ2n) is 4.96. The molecule has 1 unspecified atom stereocenters. The first-order chi connectivity index (χ1) is 10.4. The van der Waals surface area contributed by atoms with Gasteiger partial charge in [0.15, 0.2) is 0 Å². The molecule has 1 heterocycles. The predicted octanol–water partition coefficient (Wildman–Crippen LogP) is -1.13. The average Bonchev–Trinajstić information content (AvgIpc) is 2.96. The van der Waals surface area contributed by atoms with Crippen LogP contribution in [0.1, 0.15) is 12.8 Å². The Labute approximate surface area is 128 Å². The Balaban J connectivity index is 2.74. The van der Waals surface area contributed by atoms with Gasteiger partial charge in [0.25, 0.3) is 5.91 Å². The minimum absolute atomic E-state index is 0.0158. The van der Waals surface area contributed by atoms with Gasteiger partial charge in [0.2, 0.25) is 11.8 Å². The molecule has 1 fully saturated rings. The first-order valence-electron chi connectivity index (χ1n) is 6.88. The Bertz CT molecular complexity index is 527. The van der Waals surface area contributed by atoms with Crippen molar-refractivity contribution in [1.29, 1.82) is 5.41 Å². The lowest BCUT2D eigenvalue weighted by atomic mass is 10.00. The molecular formula is C14H21N5O3. The van der Waals surface area contributed by atoms with Crippen LogP contribution in [0.4, 0.5) is 0 Å². The number of hydrogen-bond acceptors (Lipinski definition) is 5. The molecule has 1 aliphatic heterocycles. The van der Waals surface area contributed by atoms with Gasteiger partial charge in [-0.05, 0) is 12.5 Å². The van der Waals surface area contributed by atoms with Crippen LogP contribution in [0.5, 0.6) is 0 Å². The fourth-order valence-electron chi connectivity index (χ4n) is 2.24. The Hall–Kier alpha value is -2.64. The second-order valence-corrected chi connectivity index (χ2v) is 4.96. The highest BCUT2D eigenvalue weighted by Gasteiger charge is 2.29. The predicted molar refractivity (Wildman–Crippen MR) is 81.7 cm³/mol. The number of likely N-dealkylation sites (tertiary alicyclic amines) is 1. The van der Waals surface area contributed by atoms with Gasteiger partial charge >= 0.3 is 0 Å². The summed E-state index contributed by atoms with van der Waals surface area (Å²) in [7, 11) is 0. The number of nitrogens with one attached hydrogen (secondary N) is 2. The van der Waals surface area contributed by atoms with E-state index in [2.05, 4.69) is 11.9 Å². The molecule has 1 rings (SSSR count). The van der Waals surface area contributed by atoms with Crippen LogP contribution >= 0.6 is 0 Å². The van der Waals surface area contributed by atoms with Crippen LogP contribution in [0.15, 0.2) is 23.9 Å². The second kappa shape index (κ2) is 7.96. The Morgan fingerprint density at radius 2 is 2.05 bits per heavy atom. The largest absolute Gasteiger partial charge is 0.401 e. The third-order valence-electron chi connectivity index (χ3n) is 3.47. The summed E-state index contributed by atoms with van der Waals surface area (Å²) in [5.41, 5.74) is 11.3. The lowest BCUT2D eigenvalue weighted by Crippen LogP contribution is -2.33. The van der Waals surface area contributed by atoms with Gasteiger partial charge in [0.05, 0.1) is 5.57 Å².